The Morgan fingerprint density at radius 2 is 1.50 bits per heavy atom. The number of carboxylic acids is 2. The lowest BCUT2D eigenvalue weighted by Gasteiger charge is -1.85. The molecule has 0 spiro atoms. The molecule has 0 amide bonds. The van der Waals surface area contributed by atoms with Crippen LogP contribution in [0.15, 0.2) is 36.5 Å². The van der Waals surface area contributed by atoms with E-state index in [1.165, 1.54) is 12.8 Å². The number of hydrogen-bond acceptors (Lipinski definition) is 3. The molecular weight excluding hydrogens is 236 g/mol. The number of aliphatic hydroxyl groups excluding tert-OH is 1. The first kappa shape index (κ1) is 18.5. The first-order valence-electron chi connectivity index (χ1n) is 5.61. The van der Waals surface area contributed by atoms with Crippen molar-refractivity contribution in [1.29, 1.82) is 0 Å². The molecule has 102 valence electrons. The molecule has 0 fully saturated rings. The molecule has 0 radical (unpaired) electrons. The summed E-state index contributed by atoms with van der Waals surface area (Å²) in [5, 5.41) is 24.0. The van der Waals surface area contributed by atoms with Crippen LogP contribution in [0, 0.1) is 0 Å². The molecule has 5 heteroatoms. The molecule has 18 heavy (non-hydrogen) atoms. The number of unbranched alkanes of at least 4 members (excludes halogenated alkanes) is 2. The van der Waals surface area contributed by atoms with Gasteiger partial charge in [0.1, 0.15) is 0 Å². The predicted molar refractivity (Wildman–Crippen MR) is 69.3 cm³/mol. The van der Waals surface area contributed by atoms with Crippen LogP contribution in [0.5, 0.6) is 0 Å². The van der Waals surface area contributed by atoms with Crippen molar-refractivity contribution in [3.8, 4) is 0 Å². The Morgan fingerprint density at radius 1 is 1.00 bits per heavy atom. The van der Waals surface area contributed by atoms with Crippen molar-refractivity contribution in [3.63, 3.8) is 0 Å². The number of carbonyl (C=O) groups is 2. The zero-order chi connectivity index (χ0) is 14.2. The van der Waals surface area contributed by atoms with E-state index in [0.717, 1.165) is 6.42 Å². The number of aliphatic carboxylic acids is 2. The van der Waals surface area contributed by atoms with E-state index in [2.05, 4.69) is 13.0 Å². The van der Waals surface area contributed by atoms with Crippen LogP contribution in [-0.4, -0.2) is 33.9 Å². The highest BCUT2D eigenvalue weighted by molar-refractivity contribution is 5.89. The Kier molecular flexibility index (Phi) is 15.5. The predicted octanol–water partition coefficient (Wildman–Crippen LogP) is 1.99. The number of allylic oxidation sites excluding steroid dienone is 3. The standard InChI is InChI=1S/C9H16O.C4H4O4/c1-2-3-4-5-6-7-8-9-10;5-3(6)1-2-4(7)8/h5-8,10H,2-4,9H2,1H3;1-2H,(H,5,6)(H,7,8)/b;2-1-. The van der Waals surface area contributed by atoms with E-state index in [9.17, 15) is 9.59 Å². The third-order valence-electron chi connectivity index (χ3n) is 1.58. The van der Waals surface area contributed by atoms with E-state index in [-0.39, 0.29) is 6.61 Å². The second kappa shape index (κ2) is 15.1. The lowest BCUT2D eigenvalue weighted by Crippen LogP contribution is -1.91. The highest BCUT2D eigenvalue weighted by Crippen LogP contribution is 1.94. The maximum atomic E-state index is 9.55. The van der Waals surface area contributed by atoms with Crippen LogP contribution in [-0.2, 0) is 9.59 Å². The van der Waals surface area contributed by atoms with Crippen molar-refractivity contribution < 1.29 is 24.9 Å². The summed E-state index contributed by atoms with van der Waals surface area (Å²) in [5.41, 5.74) is 0. The number of aliphatic hydroxyl groups is 1. The lowest BCUT2D eigenvalue weighted by molar-refractivity contribution is -0.134. The lowest BCUT2D eigenvalue weighted by atomic mass is 10.2. The van der Waals surface area contributed by atoms with Gasteiger partial charge in [-0.3, -0.25) is 0 Å². The molecule has 0 aliphatic heterocycles. The van der Waals surface area contributed by atoms with E-state index in [1.54, 1.807) is 6.08 Å². The van der Waals surface area contributed by atoms with Gasteiger partial charge < -0.3 is 15.3 Å². The molecule has 0 aliphatic rings. The summed E-state index contributed by atoms with van der Waals surface area (Å²) in [4.78, 5) is 19.1. The summed E-state index contributed by atoms with van der Waals surface area (Å²) in [6.45, 7) is 2.31. The monoisotopic (exact) mass is 256 g/mol. The summed E-state index contributed by atoms with van der Waals surface area (Å²) in [7, 11) is 0. The van der Waals surface area contributed by atoms with Crippen molar-refractivity contribution >= 4 is 11.9 Å². The van der Waals surface area contributed by atoms with E-state index in [0.29, 0.717) is 12.2 Å². The van der Waals surface area contributed by atoms with Gasteiger partial charge in [0, 0.05) is 12.2 Å². The van der Waals surface area contributed by atoms with Crippen LogP contribution in [0.2, 0.25) is 0 Å². The first-order valence-corrected chi connectivity index (χ1v) is 5.61. The minimum Gasteiger partial charge on any atom is -0.478 e. The Morgan fingerprint density at radius 3 is 1.89 bits per heavy atom. The fraction of sp³-hybridized carbons (Fsp3) is 0.385. The average molecular weight is 256 g/mol. The van der Waals surface area contributed by atoms with Crippen LogP contribution in [0.4, 0.5) is 0 Å². The molecule has 0 rings (SSSR count). The molecule has 0 saturated carbocycles. The zero-order valence-corrected chi connectivity index (χ0v) is 10.5. The molecule has 0 heterocycles. The van der Waals surface area contributed by atoms with Crippen LogP contribution < -0.4 is 0 Å². The van der Waals surface area contributed by atoms with Crippen LogP contribution in [0.1, 0.15) is 26.2 Å². The zero-order valence-electron chi connectivity index (χ0n) is 10.5. The summed E-state index contributed by atoms with van der Waals surface area (Å²) in [6.07, 6.45) is 12.5. The van der Waals surface area contributed by atoms with Gasteiger partial charge in [0.15, 0.2) is 0 Å². The first-order chi connectivity index (χ1) is 8.54. The van der Waals surface area contributed by atoms with E-state index < -0.39 is 11.9 Å². The molecule has 3 N–H and O–H groups in total. The van der Waals surface area contributed by atoms with Crippen LogP contribution >= 0.6 is 0 Å². The van der Waals surface area contributed by atoms with Crippen molar-refractivity contribution in [2.75, 3.05) is 6.61 Å². The van der Waals surface area contributed by atoms with Crippen LogP contribution in [0.3, 0.4) is 0 Å². The fourth-order valence-corrected chi connectivity index (χ4v) is 0.779. The van der Waals surface area contributed by atoms with Gasteiger partial charge in [0.05, 0.1) is 6.61 Å². The summed E-state index contributed by atoms with van der Waals surface area (Å²) in [5.74, 6) is -2.51. The molecule has 0 unspecified atom stereocenters. The molecule has 0 saturated heterocycles. The molecule has 0 bridgehead atoms. The van der Waals surface area contributed by atoms with Crippen molar-refractivity contribution in [2.24, 2.45) is 0 Å². The van der Waals surface area contributed by atoms with Gasteiger partial charge >= 0.3 is 11.9 Å². The topological polar surface area (TPSA) is 94.8 Å². The third kappa shape index (κ3) is 23.7. The second-order valence-corrected chi connectivity index (χ2v) is 3.19. The van der Waals surface area contributed by atoms with Crippen LogP contribution in [0.25, 0.3) is 0 Å². The normalized spacial score (nSPS) is 10.8. The van der Waals surface area contributed by atoms with E-state index >= 15 is 0 Å². The molecule has 0 aromatic heterocycles. The molecular formula is C13H20O5. The smallest absolute Gasteiger partial charge is 0.328 e. The Bertz CT molecular complexity index is 287. The highest BCUT2D eigenvalue weighted by Gasteiger charge is 1.88. The summed E-state index contributed by atoms with van der Waals surface area (Å²) >= 11 is 0. The molecule has 0 aromatic rings. The average Bonchev–Trinajstić information content (AvgIpc) is 2.32. The summed E-state index contributed by atoms with van der Waals surface area (Å²) < 4.78 is 0. The van der Waals surface area contributed by atoms with Crippen molar-refractivity contribution in [3.05, 3.63) is 36.5 Å². The maximum Gasteiger partial charge on any atom is 0.328 e. The SMILES string of the molecule is CCCCC=CC=CCO.O=C(O)/C=C\C(=O)O. The minimum atomic E-state index is -1.26. The fourth-order valence-electron chi connectivity index (χ4n) is 0.779. The Hall–Kier alpha value is -1.88. The van der Waals surface area contributed by atoms with Gasteiger partial charge in [0.2, 0.25) is 0 Å². The third-order valence-corrected chi connectivity index (χ3v) is 1.58. The maximum absolute atomic E-state index is 9.55. The molecule has 0 aromatic carbocycles. The Labute approximate surface area is 107 Å². The van der Waals surface area contributed by atoms with Crippen molar-refractivity contribution in [2.45, 2.75) is 26.2 Å². The van der Waals surface area contributed by atoms with E-state index in [4.69, 9.17) is 15.3 Å². The van der Waals surface area contributed by atoms with Gasteiger partial charge in [-0.05, 0) is 6.42 Å². The highest BCUT2D eigenvalue weighted by atomic mass is 16.4. The largest absolute Gasteiger partial charge is 0.478 e. The van der Waals surface area contributed by atoms with Gasteiger partial charge in [0.25, 0.3) is 0 Å². The van der Waals surface area contributed by atoms with Crippen molar-refractivity contribution in [1.82, 2.24) is 0 Å². The second-order valence-electron chi connectivity index (χ2n) is 3.19. The van der Waals surface area contributed by atoms with Gasteiger partial charge in [-0.1, -0.05) is 44.1 Å². The molecule has 0 atom stereocenters. The quantitative estimate of drug-likeness (QED) is 0.368. The molecule has 0 aliphatic carbocycles. The minimum absolute atomic E-state index is 0.137. The number of carboxylic acid groups (broad SMARTS) is 2. The number of rotatable bonds is 7. The Balaban J connectivity index is 0. The van der Waals surface area contributed by atoms with Gasteiger partial charge in [-0.2, -0.15) is 0 Å². The van der Waals surface area contributed by atoms with Gasteiger partial charge in [-0.15, -0.1) is 0 Å². The van der Waals surface area contributed by atoms with E-state index in [1.807, 2.05) is 12.2 Å². The number of hydrogen-bond donors (Lipinski definition) is 3. The van der Waals surface area contributed by atoms with Gasteiger partial charge in [-0.25, -0.2) is 9.59 Å². The molecule has 5 nitrogen and oxygen atoms in total. The summed E-state index contributed by atoms with van der Waals surface area (Å²) in [6, 6.07) is 0.